The molecule has 1 aromatic heterocycles. The lowest BCUT2D eigenvalue weighted by Gasteiger charge is -2.54. The van der Waals surface area contributed by atoms with Gasteiger partial charge in [-0.1, -0.05) is 76.6 Å². The highest BCUT2D eigenvalue weighted by molar-refractivity contribution is 9.09. The van der Waals surface area contributed by atoms with E-state index in [-0.39, 0.29) is 16.1 Å². The molecule has 0 spiro atoms. The molecule has 2 bridgehead atoms. The number of amides is 1. The molecule has 7 rings (SSSR count). The van der Waals surface area contributed by atoms with Crippen LogP contribution in [0.2, 0.25) is 0 Å². The van der Waals surface area contributed by atoms with Crippen molar-refractivity contribution in [2.75, 3.05) is 12.4 Å². The van der Waals surface area contributed by atoms with Gasteiger partial charge in [0.1, 0.15) is 5.75 Å². The van der Waals surface area contributed by atoms with Crippen molar-refractivity contribution in [2.24, 2.45) is 5.41 Å². The maximum absolute atomic E-state index is 13.9. The second kappa shape index (κ2) is 8.32. The van der Waals surface area contributed by atoms with Crippen molar-refractivity contribution >= 4 is 38.3 Å². The Morgan fingerprint density at radius 1 is 1.06 bits per heavy atom. The fourth-order valence-electron chi connectivity index (χ4n) is 5.87. The van der Waals surface area contributed by atoms with Gasteiger partial charge in [0, 0.05) is 17.7 Å². The Bertz CT molecular complexity index is 1380. The zero-order valence-electron chi connectivity index (χ0n) is 19.5. The van der Waals surface area contributed by atoms with E-state index in [4.69, 9.17) is 9.72 Å². The van der Waals surface area contributed by atoms with E-state index in [0.29, 0.717) is 18.0 Å². The largest absolute Gasteiger partial charge is 0.497 e. The minimum absolute atomic E-state index is 0.00643. The van der Waals surface area contributed by atoms with Crippen LogP contribution >= 0.6 is 27.3 Å². The van der Waals surface area contributed by atoms with Gasteiger partial charge in [0.25, 0.3) is 0 Å². The molecule has 4 nitrogen and oxygen atoms in total. The Hall–Kier alpha value is -2.96. The molecule has 1 atom stereocenters. The Labute approximate surface area is 217 Å². The highest BCUT2D eigenvalue weighted by Crippen LogP contribution is 2.66. The maximum atomic E-state index is 13.9. The number of methoxy groups -OCH3 is 1. The van der Waals surface area contributed by atoms with Crippen LogP contribution in [0.1, 0.15) is 52.8 Å². The zero-order valence-corrected chi connectivity index (χ0v) is 21.9. The molecule has 6 heteroatoms. The highest BCUT2D eigenvalue weighted by atomic mass is 79.9. The third kappa shape index (κ3) is 3.54. The lowest BCUT2D eigenvalue weighted by Crippen LogP contribution is -2.52. The molecule has 1 heterocycles. The van der Waals surface area contributed by atoms with Crippen molar-refractivity contribution in [2.45, 2.75) is 30.0 Å². The molecule has 0 saturated carbocycles. The van der Waals surface area contributed by atoms with Crippen LogP contribution in [0.25, 0.3) is 0 Å². The topological polar surface area (TPSA) is 51.2 Å². The van der Waals surface area contributed by atoms with E-state index in [0.717, 1.165) is 17.0 Å². The van der Waals surface area contributed by atoms with Crippen LogP contribution in [0.4, 0.5) is 5.13 Å². The van der Waals surface area contributed by atoms with E-state index in [1.165, 1.54) is 33.6 Å². The number of alkyl halides is 1. The van der Waals surface area contributed by atoms with Crippen LogP contribution in [0.15, 0.2) is 78.2 Å². The van der Waals surface area contributed by atoms with E-state index in [2.05, 4.69) is 76.7 Å². The summed E-state index contributed by atoms with van der Waals surface area (Å²) >= 11 is 5.59. The number of nitrogens with zero attached hydrogens (tertiary/aromatic N) is 1. The average Bonchev–Trinajstić information content (AvgIpc) is 3.31. The van der Waals surface area contributed by atoms with Crippen LogP contribution in [0.5, 0.6) is 5.75 Å². The molecule has 0 aliphatic heterocycles. The third-order valence-corrected chi connectivity index (χ3v) is 9.42. The van der Waals surface area contributed by atoms with Crippen LogP contribution in [0.3, 0.4) is 0 Å². The molecule has 0 saturated heterocycles. The molecule has 1 unspecified atom stereocenters. The quantitative estimate of drug-likeness (QED) is 0.279. The molecule has 176 valence electrons. The SMILES string of the molecule is COc1ccc(Cc2csc(NC(=O)C3(C)CC4(Br)c5ccccc5C3c3ccccc34)n2)cc1. The van der Waals surface area contributed by atoms with Gasteiger partial charge in [-0.05, 0) is 53.3 Å². The fraction of sp³-hybridized carbons (Fsp3) is 0.241. The van der Waals surface area contributed by atoms with Gasteiger partial charge in [-0.3, -0.25) is 4.79 Å². The number of carbonyl (C=O) groups excluding carboxylic acids is 1. The van der Waals surface area contributed by atoms with Crippen molar-refractivity contribution < 1.29 is 9.53 Å². The van der Waals surface area contributed by atoms with E-state index in [1.807, 2.05) is 29.6 Å². The number of ether oxygens (including phenoxy) is 1. The maximum Gasteiger partial charge on any atom is 0.233 e. The van der Waals surface area contributed by atoms with Gasteiger partial charge >= 0.3 is 0 Å². The second-order valence-electron chi connectivity index (χ2n) is 9.63. The minimum atomic E-state index is -0.617. The molecule has 3 aliphatic carbocycles. The number of benzene rings is 3. The van der Waals surface area contributed by atoms with Crippen LogP contribution in [0, 0.1) is 5.41 Å². The average molecular weight is 546 g/mol. The number of carbonyl (C=O) groups is 1. The lowest BCUT2D eigenvalue weighted by molar-refractivity contribution is -0.127. The number of fused-ring (bicyclic) bond motifs is 1. The molecular weight excluding hydrogens is 520 g/mol. The number of aromatic nitrogens is 1. The summed E-state index contributed by atoms with van der Waals surface area (Å²) < 4.78 is 4.86. The number of hydrogen-bond acceptors (Lipinski definition) is 4. The smallest absolute Gasteiger partial charge is 0.233 e. The van der Waals surface area contributed by atoms with E-state index < -0.39 is 5.41 Å². The summed E-state index contributed by atoms with van der Waals surface area (Å²) in [6, 6.07) is 25.0. The molecule has 1 N–H and O–H groups in total. The number of anilines is 1. The van der Waals surface area contributed by atoms with E-state index in [1.54, 1.807) is 7.11 Å². The van der Waals surface area contributed by atoms with Gasteiger partial charge < -0.3 is 10.1 Å². The monoisotopic (exact) mass is 544 g/mol. The number of hydrogen-bond donors (Lipinski definition) is 1. The summed E-state index contributed by atoms with van der Waals surface area (Å²) in [5.74, 6) is 0.844. The Morgan fingerprint density at radius 2 is 1.69 bits per heavy atom. The summed E-state index contributed by atoms with van der Waals surface area (Å²) in [5.41, 5.74) is 6.47. The Kier molecular flexibility index (Phi) is 5.35. The number of thiazole rings is 1. The van der Waals surface area contributed by atoms with Gasteiger partial charge in [0.2, 0.25) is 5.91 Å². The van der Waals surface area contributed by atoms with Gasteiger partial charge in [-0.15, -0.1) is 11.3 Å². The van der Waals surface area contributed by atoms with Gasteiger partial charge in [-0.25, -0.2) is 4.98 Å². The van der Waals surface area contributed by atoms with Crippen LogP contribution in [-0.4, -0.2) is 18.0 Å². The van der Waals surface area contributed by atoms with Crippen molar-refractivity contribution in [3.05, 3.63) is 112 Å². The summed E-state index contributed by atoms with van der Waals surface area (Å²) in [5, 5.41) is 5.83. The van der Waals surface area contributed by atoms with Crippen LogP contribution < -0.4 is 10.1 Å². The van der Waals surface area contributed by atoms with Gasteiger partial charge in [0.05, 0.1) is 22.5 Å². The molecular formula is C29H25BrN2O2S. The third-order valence-electron chi connectivity index (χ3n) is 7.48. The first kappa shape index (κ1) is 22.5. The summed E-state index contributed by atoms with van der Waals surface area (Å²) in [6.07, 6.45) is 1.40. The molecule has 0 fully saturated rings. The van der Waals surface area contributed by atoms with Gasteiger partial charge in [0.15, 0.2) is 5.13 Å². The first-order chi connectivity index (χ1) is 16.9. The molecule has 3 aromatic carbocycles. The summed E-state index contributed by atoms with van der Waals surface area (Å²) in [7, 11) is 1.66. The molecule has 35 heavy (non-hydrogen) atoms. The van der Waals surface area contributed by atoms with Gasteiger partial charge in [-0.2, -0.15) is 0 Å². The number of nitrogens with one attached hydrogen (secondary N) is 1. The van der Waals surface area contributed by atoms with E-state index >= 15 is 0 Å². The van der Waals surface area contributed by atoms with E-state index in [9.17, 15) is 4.79 Å². The Balaban J connectivity index is 1.29. The number of halogens is 1. The molecule has 3 aliphatic rings. The van der Waals surface area contributed by atoms with Crippen LogP contribution in [-0.2, 0) is 15.5 Å². The summed E-state index contributed by atoms with van der Waals surface area (Å²) in [6.45, 7) is 2.10. The first-order valence-corrected chi connectivity index (χ1v) is 13.4. The molecule has 4 aromatic rings. The normalized spacial score (nSPS) is 23.9. The summed E-state index contributed by atoms with van der Waals surface area (Å²) in [4.78, 5) is 18.6. The molecule has 1 amide bonds. The predicted molar refractivity (Wildman–Crippen MR) is 144 cm³/mol. The van der Waals surface area contributed by atoms with Crippen molar-refractivity contribution in [3.8, 4) is 5.75 Å². The standard InChI is InChI=1S/C29H25BrN2O2S/c1-28(26(33)32-27-31-19(16-35-27)15-18-11-13-20(34-2)14-12-18)17-29(30)23-9-5-3-7-21(23)25(28)22-8-4-6-10-24(22)29/h3-14,16,25H,15,17H2,1-2H3,(H,31,32,33). The Morgan fingerprint density at radius 3 is 2.31 bits per heavy atom. The predicted octanol–water partition coefficient (Wildman–Crippen LogP) is 6.88. The molecule has 0 radical (unpaired) electrons. The first-order valence-electron chi connectivity index (χ1n) is 11.7. The second-order valence-corrected chi connectivity index (χ2v) is 11.8. The number of rotatable bonds is 5. The minimum Gasteiger partial charge on any atom is -0.497 e. The zero-order chi connectivity index (χ0) is 24.2. The fourth-order valence-corrected chi connectivity index (χ4v) is 7.88. The van der Waals surface area contributed by atoms with Crippen molar-refractivity contribution in [3.63, 3.8) is 0 Å². The lowest BCUT2D eigenvalue weighted by atomic mass is 9.52. The van der Waals surface area contributed by atoms with Crippen molar-refractivity contribution in [1.29, 1.82) is 0 Å². The highest BCUT2D eigenvalue weighted by Gasteiger charge is 2.59. The van der Waals surface area contributed by atoms with Crippen molar-refractivity contribution in [1.82, 2.24) is 4.98 Å².